The SMILES string of the molecule is CCCCC1CN(C(=O)[C@@H]2C[C@@H](O)CN2C(=O)OC(C)(C)C(F)(F)F)Cc2c1nc(-c1ccc(Cl)cc1)[nH]c2=O. The van der Waals surface area contributed by atoms with Crippen LogP contribution in [0.2, 0.25) is 5.02 Å². The summed E-state index contributed by atoms with van der Waals surface area (Å²) in [6, 6.07) is 5.62. The van der Waals surface area contributed by atoms with E-state index in [9.17, 15) is 32.7 Å². The number of carbonyl (C=O) groups is 2. The number of alkyl halides is 3. The van der Waals surface area contributed by atoms with E-state index in [-0.39, 0.29) is 32.0 Å². The third-order valence-electron chi connectivity index (χ3n) is 7.38. The van der Waals surface area contributed by atoms with Crippen molar-refractivity contribution >= 4 is 23.6 Å². The first-order chi connectivity index (χ1) is 18.7. The minimum atomic E-state index is -4.83. The van der Waals surface area contributed by atoms with Gasteiger partial charge in [0.15, 0.2) is 0 Å². The first kappa shape index (κ1) is 29.9. The van der Waals surface area contributed by atoms with Crippen LogP contribution in [0.25, 0.3) is 11.4 Å². The number of halogens is 4. The number of nitrogens with zero attached hydrogens (tertiary/aromatic N) is 3. The number of carbonyl (C=O) groups excluding carboxylic acids is 2. The minimum absolute atomic E-state index is 0.0937. The highest BCUT2D eigenvalue weighted by molar-refractivity contribution is 6.30. The van der Waals surface area contributed by atoms with Crippen LogP contribution in [-0.4, -0.2) is 73.9 Å². The predicted molar refractivity (Wildman–Crippen MR) is 141 cm³/mol. The van der Waals surface area contributed by atoms with Gasteiger partial charge < -0.3 is 19.7 Å². The highest BCUT2D eigenvalue weighted by atomic mass is 35.5. The quantitative estimate of drug-likeness (QED) is 0.512. The number of hydrogen-bond donors (Lipinski definition) is 2. The van der Waals surface area contributed by atoms with Gasteiger partial charge in [0.1, 0.15) is 11.9 Å². The van der Waals surface area contributed by atoms with Crippen molar-refractivity contribution in [3.05, 3.63) is 50.9 Å². The molecule has 0 radical (unpaired) electrons. The van der Waals surface area contributed by atoms with E-state index in [0.717, 1.165) is 17.7 Å². The molecule has 218 valence electrons. The zero-order chi connectivity index (χ0) is 29.4. The fourth-order valence-electron chi connectivity index (χ4n) is 5.00. The van der Waals surface area contributed by atoms with Crippen LogP contribution in [0.3, 0.4) is 0 Å². The maximum Gasteiger partial charge on any atom is 0.427 e. The molecule has 1 fully saturated rings. The number of fused-ring (bicyclic) bond motifs is 1. The molecule has 2 aromatic rings. The second-order valence-electron chi connectivity index (χ2n) is 10.8. The third-order valence-corrected chi connectivity index (χ3v) is 7.64. The number of amides is 2. The summed E-state index contributed by atoms with van der Waals surface area (Å²) in [5.74, 6) is -0.481. The molecule has 0 spiro atoms. The number of ether oxygens (including phenoxy) is 1. The van der Waals surface area contributed by atoms with Crippen molar-refractivity contribution in [2.75, 3.05) is 13.1 Å². The molecule has 1 aromatic carbocycles. The number of aromatic nitrogens is 2. The Bertz CT molecular complexity index is 1310. The monoisotopic (exact) mass is 584 g/mol. The van der Waals surface area contributed by atoms with Gasteiger partial charge in [-0.1, -0.05) is 31.4 Å². The standard InChI is InChI=1S/C27H32ClF3N4O5/c1-4-5-6-16-12-34(14-19-21(16)32-22(33-23(19)37)15-7-9-17(28)10-8-15)24(38)20-11-18(36)13-35(20)25(39)40-26(2,3)27(29,30)31/h7-10,16,18,20,36H,4-6,11-14H2,1-3H3,(H,32,33,37)/t16?,18-,20+/m1/s1. The van der Waals surface area contributed by atoms with Crippen molar-refractivity contribution in [1.82, 2.24) is 19.8 Å². The molecule has 1 saturated heterocycles. The van der Waals surface area contributed by atoms with Gasteiger partial charge in [-0.3, -0.25) is 14.5 Å². The molecular weight excluding hydrogens is 553 g/mol. The Balaban J connectivity index is 1.62. The van der Waals surface area contributed by atoms with Crippen LogP contribution in [0.4, 0.5) is 18.0 Å². The Morgan fingerprint density at radius 2 is 1.88 bits per heavy atom. The van der Waals surface area contributed by atoms with Crippen molar-refractivity contribution in [3.8, 4) is 11.4 Å². The van der Waals surface area contributed by atoms with Gasteiger partial charge in [0, 0.05) is 29.5 Å². The average Bonchev–Trinajstić information content (AvgIpc) is 3.28. The Kier molecular flexibility index (Phi) is 8.51. The molecule has 2 aliphatic rings. The summed E-state index contributed by atoms with van der Waals surface area (Å²) in [6.07, 6.45) is -5.13. The molecule has 2 aliphatic heterocycles. The molecular formula is C27H32ClF3N4O5. The number of β-amino-alcohol motifs (C(OH)–C–C–N with tert-alkyl or cyclic N) is 1. The molecule has 1 aromatic heterocycles. The number of unbranched alkanes of at least 4 members (excludes halogenated alkanes) is 1. The van der Waals surface area contributed by atoms with Gasteiger partial charge in [0.25, 0.3) is 5.56 Å². The topological polar surface area (TPSA) is 116 Å². The van der Waals surface area contributed by atoms with Crippen LogP contribution >= 0.6 is 11.6 Å². The normalized spacial score (nSPS) is 21.4. The van der Waals surface area contributed by atoms with Crippen LogP contribution in [-0.2, 0) is 16.1 Å². The molecule has 3 heterocycles. The molecule has 2 N–H and O–H groups in total. The summed E-state index contributed by atoms with van der Waals surface area (Å²) in [4.78, 5) is 49.4. The van der Waals surface area contributed by atoms with Crippen molar-refractivity contribution in [3.63, 3.8) is 0 Å². The van der Waals surface area contributed by atoms with Crippen molar-refractivity contribution in [2.24, 2.45) is 0 Å². The summed E-state index contributed by atoms with van der Waals surface area (Å²) in [5.41, 5.74) is -1.64. The van der Waals surface area contributed by atoms with E-state index in [1.807, 2.05) is 6.92 Å². The summed E-state index contributed by atoms with van der Waals surface area (Å²) in [7, 11) is 0. The lowest BCUT2D eigenvalue weighted by atomic mass is 9.90. The fraction of sp³-hybridized carbons (Fsp3) is 0.556. The van der Waals surface area contributed by atoms with Crippen molar-refractivity contribution in [2.45, 2.75) is 82.8 Å². The fourth-order valence-corrected chi connectivity index (χ4v) is 5.13. The number of H-pyrrole nitrogens is 1. The second kappa shape index (κ2) is 11.4. The largest absolute Gasteiger partial charge is 0.434 e. The Hall–Kier alpha value is -3.12. The third kappa shape index (κ3) is 6.12. The number of benzene rings is 1. The number of aromatic amines is 1. The molecule has 3 atom stereocenters. The smallest absolute Gasteiger partial charge is 0.427 e. The van der Waals surface area contributed by atoms with Gasteiger partial charge in [0.05, 0.1) is 30.5 Å². The molecule has 0 bridgehead atoms. The van der Waals surface area contributed by atoms with Crippen LogP contribution in [0.5, 0.6) is 0 Å². The molecule has 13 heteroatoms. The van der Waals surface area contributed by atoms with Crippen LogP contribution in [0.15, 0.2) is 29.1 Å². The number of aliphatic hydroxyl groups excluding tert-OH is 1. The highest BCUT2D eigenvalue weighted by Crippen LogP contribution is 2.35. The number of likely N-dealkylation sites (tertiary alicyclic amines) is 1. The summed E-state index contributed by atoms with van der Waals surface area (Å²) in [5, 5.41) is 10.8. The Morgan fingerprint density at radius 3 is 2.50 bits per heavy atom. The number of rotatable bonds is 6. The van der Waals surface area contributed by atoms with Crippen LogP contribution in [0, 0.1) is 0 Å². The van der Waals surface area contributed by atoms with Crippen LogP contribution in [0.1, 0.15) is 63.6 Å². The zero-order valence-electron chi connectivity index (χ0n) is 22.4. The van der Waals surface area contributed by atoms with E-state index in [2.05, 4.69) is 4.98 Å². The molecule has 1 unspecified atom stereocenters. The molecule has 4 rings (SSSR count). The molecule has 40 heavy (non-hydrogen) atoms. The molecule has 9 nitrogen and oxygen atoms in total. The maximum absolute atomic E-state index is 13.7. The number of nitrogens with one attached hydrogen (secondary N) is 1. The van der Waals surface area contributed by atoms with Crippen molar-refractivity contribution in [1.29, 1.82) is 0 Å². The average molecular weight is 585 g/mol. The van der Waals surface area contributed by atoms with E-state index in [0.29, 0.717) is 47.9 Å². The Morgan fingerprint density at radius 1 is 1.20 bits per heavy atom. The van der Waals surface area contributed by atoms with Gasteiger partial charge >= 0.3 is 12.3 Å². The van der Waals surface area contributed by atoms with Gasteiger partial charge in [-0.25, -0.2) is 9.78 Å². The van der Waals surface area contributed by atoms with E-state index in [4.69, 9.17) is 21.3 Å². The van der Waals surface area contributed by atoms with E-state index < -0.39 is 41.5 Å². The lowest BCUT2D eigenvalue weighted by molar-refractivity contribution is -0.246. The lowest BCUT2D eigenvalue weighted by Crippen LogP contribution is -2.53. The van der Waals surface area contributed by atoms with Gasteiger partial charge in [-0.05, 0) is 44.5 Å². The Labute approximate surface area is 234 Å². The maximum atomic E-state index is 13.7. The number of hydrogen-bond acceptors (Lipinski definition) is 6. The van der Waals surface area contributed by atoms with Gasteiger partial charge in [0.2, 0.25) is 11.5 Å². The minimum Gasteiger partial charge on any atom is -0.434 e. The zero-order valence-corrected chi connectivity index (χ0v) is 23.2. The van der Waals surface area contributed by atoms with E-state index in [1.165, 1.54) is 4.90 Å². The number of aliphatic hydroxyl groups is 1. The van der Waals surface area contributed by atoms with E-state index in [1.54, 1.807) is 24.3 Å². The first-order valence-corrected chi connectivity index (χ1v) is 13.5. The van der Waals surface area contributed by atoms with E-state index >= 15 is 0 Å². The first-order valence-electron chi connectivity index (χ1n) is 13.1. The molecule has 0 saturated carbocycles. The summed E-state index contributed by atoms with van der Waals surface area (Å²) >= 11 is 5.99. The summed E-state index contributed by atoms with van der Waals surface area (Å²) in [6.45, 7) is 3.20. The van der Waals surface area contributed by atoms with Crippen LogP contribution < -0.4 is 5.56 Å². The second-order valence-corrected chi connectivity index (χ2v) is 11.2. The molecule has 0 aliphatic carbocycles. The van der Waals surface area contributed by atoms with Gasteiger partial charge in [-0.2, -0.15) is 13.2 Å². The predicted octanol–water partition coefficient (Wildman–Crippen LogP) is 4.62. The lowest BCUT2D eigenvalue weighted by Gasteiger charge is -2.37. The highest BCUT2D eigenvalue weighted by Gasteiger charge is 2.53. The molecule has 2 amide bonds. The summed E-state index contributed by atoms with van der Waals surface area (Å²) < 4.78 is 44.7. The van der Waals surface area contributed by atoms with Crippen molar-refractivity contribution < 1.29 is 32.6 Å². The van der Waals surface area contributed by atoms with Gasteiger partial charge in [-0.15, -0.1) is 0 Å².